The van der Waals surface area contributed by atoms with Crippen molar-refractivity contribution in [3.05, 3.63) is 52.0 Å². The summed E-state index contributed by atoms with van der Waals surface area (Å²) < 4.78 is 11.9. The zero-order valence-corrected chi connectivity index (χ0v) is 16.7. The van der Waals surface area contributed by atoms with Gasteiger partial charge in [0.05, 0.1) is 14.2 Å². The fraction of sp³-hybridized carbons (Fsp3) is 0.316. The van der Waals surface area contributed by atoms with E-state index in [0.29, 0.717) is 0 Å². The molecule has 3 rings (SSSR count). The second kappa shape index (κ2) is 8.63. The van der Waals surface area contributed by atoms with Crippen LogP contribution < -0.4 is 14.8 Å². The number of rotatable bonds is 6. The lowest BCUT2D eigenvalue weighted by Crippen LogP contribution is -2.30. The van der Waals surface area contributed by atoms with Gasteiger partial charge in [0, 0.05) is 39.3 Å². The number of thioether (sulfide) groups is 1. The zero-order chi connectivity index (χ0) is 17.6. The van der Waals surface area contributed by atoms with Gasteiger partial charge in [0.2, 0.25) is 0 Å². The number of halogens is 1. The normalized spacial score (nSPS) is 13.8. The van der Waals surface area contributed by atoms with Gasteiger partial charge >= 0.3 is 0 Å². The number of methoxy groups -OCH3 is 2. The van der Waals surface area contributed by atoms with Gasteiger partial charge < -0.3 is 14.8 Å². The molecule has 2 aromatic rings. The fourth-order valence-corrected chi connectivity index (χ4v) is 4.14. The van der Waals surface area contributed by atoms with Crippen molar-refractivity contribution in [2.24, 2.45) is 4.99 Å². The summed E-state index contributed by atoms with van der Waals surface area (Å²) in [6.07, 6.45) is 1.08. The molecule has 1 aliphatic heterocycles. The molecule has 0 aromatic heterocycles. The lowest BCUT2D eigenvalue weighted by Gasteiger charge is -2.18. The maximum Gasteiger partial charge on any atom is 0.129 e. The van der Waals surface area contributed by atoms with Crippen LogP contribution in [-0.4, -0.2) is 33.1 Å². The van der Waals surface area contributed by atoms with E-state index in [1.54, 1.807) is 26.0 Å². The van der Waals surface area contributed by atoms with E-state index in [4.69, 9.17) is 9.47 Å². The SMILES string of the molecule is COc1ccc(C2=NCCCN2)c(SCc2cc(Br)ccc2OC)c1. The number of aliphatic imine (C=N–C) groups is 1. The Bertz CT molecular complexity index is 780. The Balaban J connectivity index is 1.88. The molecule has 1 aliphatic rings. The average Bonchev–Trinajstić information content (AvgIpc) is 2.67. The molecule has 0 bridgehead atoms. The van der Waals surface area contributed by atoms with Crippen molar-refractivity contribution < 1.29 is 9.47 Å². The molecule has 0 aliphatic carbocycles. The summed E-state index contributed by atoms with van der Waals surface area (Å²) in [5.41, 5.74) is 2.27. The molecule has 132 valence electrons. The van der Waals surface area contributed by atoms with Crippen molar-refractivity contribution in [2.75, 3.05) is 27.3 Å². The third-order valence-electron chi connectivity index (χ3n) is 3.97. The molecule has 0 amide bonds. The average molecular weight is 421 g/mol. The highest BCUT2D eigenvalue weighted by molar-refractivity contribution is 9.10. The quantitative estimate of drug-likeness (QED) is 0.698. The van der Waals surface area contributed by atoms with E-state index in [1.807, 2.05) is 18.2 Å². The van der Waals surface area contributed by atoms with Crippen LogP contribution in [0.25, 0.3) is 0 Å². The third-order valence-corrected chi connectivity index (χ3v) is 5.56. The first-order chi connectivity index (χ1) is 12.2. The van der Waals surface area contributed by atoms with Crippen molar-refractivity contribution in [3.63, 3.8) is 0 Å². The van der Waals surface area contributed by atoms with Crippen LogP contribution in [0, 0.1) is 0 Å². The van der Waals surface area contributed by atoms with Gasteiger partial charge in [-0.05, 0) is 42.8 Å². The number of hydrogen-bond donors (Lipinski definition) is 1. The molecule has 6 heteroatoms. The summed E-state index contributed by atoms with van der Waals surface area (Å²) in [6, 6.07) is 12.2. The molecule has 0 unspecified atom stereocenters. The maximum absolute atomic E-state index is 5.49. The monoisotopic (exact) mass is 420 g/mol. The van der Waals surface area contributed by atoms with Crippen molar-refractivity contribution >= 4 is 33.5 Å². The Labute approximate surface area is 161 Å². The molecule has 0 atom stereocenters. The molecule has 0 fully saturated rings. The molecule has 0 spiro atoms. The summed E-state index contributed by atoms with van der Waals surface area (Å²) in [5.74, 6) is 3.52. The molecule has 0 radical (unpaired) electrons. The molecular weight excluding hydrogens is 400 g/mol. The minimum atomic E-state index is 0.802. The largest absolute Gasteiger partial charge is 0.497 e. The van der Waals surface area contributed by atoms with Crippen molar-refractivity contribution in [1.82, 2.24) is 5.32 Å². The van der Waals surface area contributed by atoms with Gasteiger partial charge in [0.15, 0.2) is 0 Å². The summed E-state index contributed by atoms with van der Waals surface area (Å²) in [4.78, 5) is 5.79. The number of benzene rings is 2. The lowest BCUT2D eigenvalue weighted by molar-refractivity contribution is 0.411. The molecule has 4 nitrogen and oxygen atoms in total. The van der Waals surface area contributed by atoms with Crippen molar-refractivity contribution in [2.45, 2.75) is 17.1 Å². The van der Waals surface area contributed by atoms with Gasteiger partial charge in [0.1, 0.15) is 17.3 Å². The Morgan fingerprint density at radius 3 is 2.76 bits per heavy atom. The minimum Gasteiger partial charge on any atom is -0.497 e. The van der Waals surface area contributed by atoms with Crippen LogP contribution in [0.2, 0.25) is 0 Å². The van der Waals surface area contributed by atoms with Crippen molar-refractivity contribution in [3.8, 4) is 11.5 Å². The summed E-state index contributed by atoms with van der Waals surface area (Å²) in [6.45, 7) is 1.84. The molecule has 0 saturated carbocycles. The van der Waals surface area contributed by atoms with Gasteiger partial charge in [-0.1, -0.05) is 15.9 Å². The van der Waals surface area contributed by atoms with Crippen LogP contribution in [0.4, 0.5) is 0 Å². The number of hydrogen-bond acceptors (Lipinski definition) is 5. The van der Waals surface area contributed by atoms with Gasteiger partial charge in [-0.15, -0.1) is 11.8 Å². The van der Waals surface area contributed by atoms with E-state index in [2.05, 4.69) is 44.4 Å². The van der Waals surface area contributed by atoms with Crippen LogP contribution in [0.3, 0.4) is 0 Å². The standard InChI is InChI=1S/C19H21BrN2O2S/c1-23-15-5-6-16(19-21-8-3-9-22-19)18(11-15)25-12-13-10-14(20)4-7-17(13)24-2/h4-7,10-11H,3,8-9,12H2,1-2H3,(H,21,22). The van der Waals surface area contributed by atoms with E-state index in [9.17, 15) is 0 Å². The summed E-state index contributed by atoms with van der Waals surface area (Å²) in [5, 5.41) is 3.41. The summed E-state index contributed by atoms with van der Waals surface area (Å²) in [7, 11) is 3.40. The van der Waals surface area contributed by atoms with Crippen LogP contribution >= 0.6 is 27.7 Å². The molecule has 2 aromatic carbocycles. The fourth-order valence-electron chi connectivity index (χ4n) is 2.67. The van der Waals surface area contributed by atoms with Crippen LogP contribution in [-0.2, 0) is 5.75 Å². The van der Waals surface area contributed by atoms with E-state index in [-0.39, 0.29) is 0 Å². The number of nitrogens with zero attached hydrogens (tertiary/aromatic N) is 1. The van der Waals surface area contributed by atoms with E-state index >= 15 is 0 Å². The smallest absolute Gasteiger partial charge is 0.129 e. The van der Waals surface area contributed by atoms with Gasteiger partial charge in [-0.3, -0.25) is 4.99 Å². The predicted octanol–water partition coefficient (Wildman–Crippen LogP) is 4.50. The first kappa shape index (κ1) is 18.1. The summed E-state index contributed by atoms with van der Waals surface area (Å²) >= 11 is 5.30. The highest BCUT2D eigenvalue weighted by atomic mass is 79.9. The molecule has 0 saturated heterocycles. The second-order valence-electron chi connectivity index (χ2n) is 5.62. The van der Waals surface area contributed by atoms with Gasteiger partial charge in [-0.2, -0.15) is 0 Å². The topological polar surface area (TPSA) is 42.8 Å². The van der Waals surface area contributed by atoms with Crippen molar-refractivity contribution in [1.29, 1.82) is 0 Å². The number of nitrogens with one attached hydrogen (secondary N) is 1. The predicted molar refractivity (Wildman–Crippen MR) is 107 cm³/mol. The van der Waals surface area contributed by atoms with E-state index in [0.717, 1.165) is 63.1 Å². The van der Waals surface area contributed by atoms with Crippen LogP contribution in [0.5, 0.6) is 11.5 Å². The number of amidine groups is 1. The van der Waals surface area contributed by atoms with Gasteiger partial charge in [-0.25, -0.2) is 0 Å². The lowest BCUT2D eigenvalue weighted by atomic mass is 10.1. The second-order valence-corrected chi connectivity index (χ2v) is 7.55. The van der Waals surface area contributed by atoms with E-state index < -0.39 is 0 Å². The third kappa shape index (κ3) is 4.50. The molecule has 1 heterocycles. The highest BCUT2D eigenvalue weighted by Crippen LogP contribution is 2.34. The maximum atomic E-state index is 5.49. The zero-order valence-electron chi connectivity index (χ0n) is 14.3. The minimum absolute atomic E-state index is 0.802. The Kier molecular flexibility index (Phi) is 6.26. The molecule has 1 N–H and O–H groups in total. The van der Waals surface area contributed by atoms with E-state index in [1.165, 1.54) is 0 Å². The number of ether oxygens (including phenoxy) is 2. The first-order valence-electron chi connectivity index (χ1n) is 8.13. The Hall–Kier alpha value is -1.66. The molecule has 25 heavy (non-hydrogen) atoms. The Morgan fingerprint density at radius 1 is 1.16 bits per heavy atom. The molecular formula is C19H21BrN2O2S. The Morgan fingerprint density at radius 2 is 2.04 bits per heavy atom. The van der Waals surface area contributed by atoms with Crippen LogP contribution in [0.1, 0.15) is 17.5 Å². The highest BCUT2D eigenvalue weighted by Gasteiger charge is 2.14. The van der Waals surface area contributed by atoms with Gasteiger partial charge in [0.25, 0.3) is 0 Å². The van der Waals surface area contributed by atoms with Crippen LogP contribution in [0.15, 0.2) is 50.8 Å². The first-order valence-corrected chi connectivity index (χ1v) is 9.91.